The van der Waals surface area contributed by atoms with E-state index in [0.29, 0.717) is 0 Å². The molecule has 152 valence electrons. The number of nitrogens with zero attached hydrogens (tertiary/aromatic N) is 2. The molecule has 31 heavy (non-hydrogen) atoms. The van der Waals surface area contributed by atoms with Crippen molar-refractivity contribution >= 4 is 34.2 Å². The number of para-hydroxylation sites is 1. The van der Waals surface area contributed by atoms with Crippen LogP contribution in [0.2, 0.25) is 0 Å². The fourth-order valence-electron chi connectivity index (χ4n) is 5.08. The molecular formula is C29H26N2. The standard InChI is InChI=1S/C29H26N2/c1-29(22-14-8-5-9-15-22,20-21-12-6-4-7-13-21)27-25(30-2)19-18-24-23-16-10-11-17-26(23)31(3)28(24)27/h4-19H,2,20H2,1,3H3. The van der Waals surface area contributed by atoms with Crippen molar-refractivity contribution in [3.8, 4) is 0 Å². The lowest BCUT2D eigenvalue weighted by atomic mass is 9.70. The van der Waals surface area contributed by atoms with Crippen molar-refractivity contribution in [1.82, 2.24) is 4.57 Å². The largest absolute Gasteiger partial charge is 0.343 e. The fourth-order valence-corrected chi connectivity index (χ4v) is 5.08. The molecule has 5 rings (SSSR count). The number of hydrogen-bond acceptors (Lipinski definition) is 1. The Morgan fingerprint density at radius 2 is 1.42 bits per heavy atom. The molecule has 0 aliphatic carbocycles. The smallest absolute Gasteiger partial charge is 0.0684 e. The highest BCUT2D eigenvalue weighted by atomic mass is 14.9. The quantitative estimate of drug-likeness (QED) is 0.276. The van der Waals surface area contributed by atoms with E-state index in [9.17, 15) is 0 Å². The van der Waals surface area contributed by atoms with Crippen LogP contribution in [0.3, 0.4) is 0 Å². The summed E-state index contributed by atoms with van der Waals surface area (Å²) in [7, 11) is 2.16. The second-order valence-corrected chi connectivity index (χ2v) is 8.45. The van der Waals surface area contributed by atoms with E-state index in [1.165, 1.54) is 38.5 Å². The molecule has 0 N–H and O–H groups in total. The van der Waals surface area contributed by atoms with Gasteiger partial charge in [-0.05, 0) is 36.4 Å². The molecule has 0 fully saturated rings. The zero-order valence-corrected chi connectivity index (χ0v) is 18.0. The van der Waals surface area contributed by atoms with Gasteiger partial charge in [0.25, 0.3) is 0 Å². The summed E-state index contributed by atoms with van der Waals surface area (Å²) in [6.07, 6.45) is 0.876. The lowest BCUT2D eigenvalue weighted by Crippen LogP contribution is -2.27. The van der Waals surface area contributed by atoms with Gasteiger partial charge < -0.3 is 4.57 Å². The summed E-state index contributed by atoms with van der Waals surface area (Å²) in [4.78, 5) is 4.50. The zero-order chi connectivity index (χ0) is 21.4. The molecule has 0 bridgehead atoms. The highest BCUT2D eigenvalue weighted by molar-refractivity contribution is 6.10. The third kappa shape index (κ3) is 3.07. The van der Waals surface area contributed by atoms with Crippen LogP contribution in [-0.4, -0.2) is 11.3 Å². The normalized spacial score (nSPS) is 13.4. The number of aromatic nitrogens is 1. The van der Waals surface area contributed by atoms with Crippen molar-refractivity contribution in [2.45, 2.75) is 18.8 Å². The van der Waals surface area contributed by atoms with Crippen molar-refractivity contribution < 1.29 is 0 Å². The fraction of sp³-hybridized carbons (Fsp3) is 0.138. The topological polar surface area (TPSA) is 17.3 Å². The lowest BCUT2D eigenvalue weighted by Gasteiger charge is -2.33. The summed E-state index contributed by atoms with van der Waals surface area (Å²) in [6.45, 7) is 6.28. The van der Waals surface area contributed by atoms with Gasteiger partial charge >= 0.3 is 0 Å². The molecule has 1 atom stereocenters. The molecule has 0 saturated carbocycles. The SMILES string of the molecule is C=Nc1ccc2c3ccccc3n(C)c2c1C(C)(Cc1ccccc1)c1ccccc1. The molecule has 2 heteroatoms. The average Bonchev–Trinajstić information content (AvgIpc) is 3.12. The van der Waals surface area contributed by atoms with Crippen LogP contribution in [-0.2, 0) is 18.9 Å². The van der Waals surface area contributed by atoms with Gasteiger partial charge in [0.05, 0.1) is 11.2 Å². The monoisotopic (exact) mass is 402 g/mol. The summed E-state index contributed by atoms with van der Waals surface area (Å²) in [6, 6.07) is 34.5. The Balaban J connectivity index is 1.90. The van der Waals surface area contributed by atoms with E-state index < -0.39 is 0 Å². The van der Waals surface area contributed by atoms with Gasteiger partial charge in [0, 0.05) is 34.3 Å². The van der Waals surface area contributed by atoms with Crippen LogP contribution in [0.15, 0.2) is 102 Å². The van der Waals surface area contributed by atoms with Crippen LogP contribution >= 0.6 is 0 Å². The van der Waals surface area contributed by atoms with Gasteiger partial charge in [-0.1, -0.05) is 91.9 Å². The first-order valence-electron chi connectivity index (χ1n) is 10.7. The summed E-state index contributed by atoms with van der Waals surface area (Å²) in [5.74, 6) is 0. The third-order valence-corrected chi connectivity index (χ3v) is 6.58. The first-order valence-corrected chi connectivity index (χ1v) is 10.7. The molecule has 2 nitrogen and oxygen atoms in total. The van der Waals surface area contributed by atoms with Gasteiger partial charge in [-0.3, -0.25) is 4.99 Å². The van der Waals surface area contributed by atoms with E-state index in [1.54, 1.807) is 0 Å². The second-order valence-electron chi connectivity index (χ2n) is 8.45. The molecule has 0 aliphatic heterocycles. The molecule has 1 unspecified atom stereocenters. The van der Waals surface area contributed by atoms with E-state index in [1.807, 2.05) is 0 Å². The predicted molar refractivity (Wildman–Crippen MR) is 133 cm³/mol. The minimum absolute atomic E-state index is 0.277. The van der Waals surface area contributed by atoms with Gasteiger partial charge in [-0.25, -0.2) is 0 Å². The molecule has 0 aliphatic rings. The summed E-state index contributed by atoms with van der Waals surface area (Å²) in [5, 5.41) is 2.53. The number of rotatable bonds is 5. The van der Waals surface area contributed by atoms with Crippen LogP contribution in [0.4, 0.5) is 5.69 Å². The van der Waals surface area contributed by atoms with Crippen LogP contribution in [0.1, 0.15) is 23.6 Å². The molecule has 0 saturated heterocycles. The molecular weight excluding hydrogens is 376 g/mol. The Kier molecular flexibility index (Phi) is 4.71. The molecule has 4 aromatic carbocycles. The van der Waals surface area contributed by atoms with Crippen molar-refractivity contribution in [2.75, 3.05) is 0 Å². The zero-order valence-electron chi connectivity index (χ0n) is 18.0. The maximum atomic E-state index is 4.50. The maximum Gasteiger partial charge on any atom is 0.0684 e. The van der Waals surface area contributed by atoms with E-state index in [0.717, 1.165) is 12.1 Å². The Hall–Kier alpha value is -3.65. The first kappa shape index (κ1) is 19.3. The van der Waals surface area contributed by atoms with Gasteiger partial charge in [0.2, 0.25) is 0 Å². The first-order chi connectivity index (χ1) is 15.1. The van der Waals surface area contributed by atoms with Crippen LogP contribution in [0.25, 0.3) is 21.8 Å². The number of fused-ring (bicyclic) bond motifs is 3. The van der Waals surface area contributed by atoms with Crippen molar-refractivity contribution in [2.24, 2.45) is 12.0 Å². The molecule has 5 aromatic rings. The lowest BCUT2D eigenvalue weighted by molar-refractivity contribution is 0.571. The number of hydrogen-bond donors (Lipinski definition) is 0. The number of aliphatic imine (C=N–C) groups is 1. The average molecular weight is 403 g/mol. The van der Waals surface area contributed by atoms with Gasteiger partial charge in [-0.2, -0.15) is 0 Å². The van der Waals surface area contributed by atoms with Gasteiger partial charge in [0.1, 0.15) is 0 Å². The maximum absolute atomic E-state index is 4.50. The Bertz CT molecular complexity index is 1380. The highest BCUT2D eigenvalue weighted by Gasteiger charge is 2.34. The summed E-state index contributed by atoms with van der Waals surface area (Å²) in [5.41, 5.74) is 6.94. The highest BCUT2D eigenvalue weighted by Crippen LogP contribution is 2.46. The summed E-state index contributed by atoms with van der Waals surface area (Å²) >= 11 is 0. The number of benzene rings is 4. The molecule has 1 aromatic heterocycles. The number of aryl methyl sites for hydroxylation is 1. The molecule has 1 heterocycles. The van der Waals surface area contributed by atoms with Crippen LogP contribution < -0.4 is 0 Å². The Morgan fingerprint density at radius 3 is 2.13 bits per heavy atom. The van der Waals surface area contributed by atoms with Gasteiger partial charge in [0.15, 0.2) is 0 Å². The van der Waals surface area contributed by atoms with E-state index >= 15 is 0 Å². The Morgan fingerprint density at radius 1 is 0.774 bits per heavy atom. The molecule has 0 spiro atoms. The predicted octanol–water partition coefficient (Wildman–Crippen LogP) is 7.21. The van der Waals surface area contributed by atoms with Crippen molar-refractivity contribution in [3.63, 3.8) is 0 Å². The third-order valence-electron chi connectivity index (χ3n) is 6.58. The minimum Gasteiger partial charge on any atom is -0.343 e. The Labute approximate surface area is 183 Å². The van der Waals surface area contributed by atoms with Crippen molar-refractivity contribution in [1.29, 1.82) is 0 Å². The second kappa shape index (κ2) is 7.55. The van der Waals surface area contributed by atoms with Crippen molar-refractivity contribution in [3.05, 3.63) is 114 Å². The molecule has 0 amide bonds. The molecule has 0 radical (unpaired) electrons. The van der Waals surface area contributed by atoms with Crippen LogP contribution in [0, 0.1) is 0 Å². The van der Waals surface area contributed by atoms with E-state index in [4.69, 9.17) is 0 Å². The minimum atomic E-state index is -0.277. The van der Waals surface area contributed by atoms with Gasteiger partial charge in [-0.15, -0.1) is 0 Å². The van der Waals surface area contributed by atoms with E-state index in [-0.39, 0.29) is 5.41 Å². The van der Waals surface area contributed by atoms with E-state index in [2.05, 4.69) is 127 Å². The summed E-state index contributed by atoms with van der Waals surface area (Å²) < 4.78 is 2.32. The van der Waals surface area contributed by atoms with Crippen LogP contribution in [0.5, 0.6) is 0 Å².